The number of fused-ring (bicyclic) bond motifs is 2. The van der Waals surface area contributed by atoms with Crippen LogP contribution in [0.3, 0.4) is 0 Å². The molecule has 0 saturated heterocycles. The van der Waals surface area contributed by atoms with Crippen molar-refractivity contribution in [3.63, 3.8) is 0 Å². The van der Waals surface area contributed by atoms with Gasteiger partial charge in [-0.15, -0.1) is 5.23 Å². The zero-order valence-corrected chi connectivity index (χ0v) is 10.7. The minimum Gasteiger partial charge on any atom is -0.769 e. The average Bonchev–Trinajstić information content (AvgIpc) is 2.64. The van der Waals surface area contributed by atoms with Gasteiger partial charge < -0.3 is 25.7 Å². The number of ether oxygens (including phenoxy) is 1. The van der Waals surface area contributed by atoms with Gasteiger partial charge in [-0.2, -0.15) is 0 Å². The van der Waals surface area contributed by atoms with Crippen molar-refractivity contribution in [1.29, 1.82) is 0 Å². The first-order chi connectivity index (χ1) is 10.1. The van der Waals surface area contributed by atoms with Crippen molar-refractivity contribution in [2.24, 2.45) is 0 Å². The number of para-hydroxylation sites is 1. The molecule has 0 atom stereocenters. The Morgan fingerprint density at radius 1 is 1.10 bits per heavy atom. The number of nitrogens with one attached hydrogen (secondary N) is 1. The van der Waals surface area contributed by atoms with E-state index in [4.69, 9.17) is 4.74 Å². The first-order valence-corrected chi connectivity index (χ1v) is 6.06. The highest BCUT2D eigenvalue weighted by Gasteiger charge is 2.20. The predicted octanol–water partition coefficient (Wildman–Crippen LogP) is 2.79. The SMILES string of the molecule is [O-]N([O-])c1cc2c(c(N(O)O)c1)NCc1ccccc1O2. The van der Waals surface area contributed by atoms with E-state index in [2.05, 4.69) is 5.32 Å². The Bertz CT molecular complexity index is 675. The molecule has 0 fully saturated rings. The van der Waals surface area contributed by atoms with Gasteiger partial charge in [-0.05, 0) is 12.1 Å². The Balaban J connectivity index is 2.14. The molecule has 1 aliphatic rings. The Kier molecular flexibility index (Phi) is 3.28. The highest BCUT2D eigenvalue weighted by molar-refractivity contribution is 5.81. The van der Waals surface area contributed by atoms with Crippen LogP contribution in [0.2, 0.25) is 0 Å². The number of hydrogen-bond acceptors (Lipinski definition) is 8. The molecule has 1 aliphatic heterocycles. The van der Waals surface area contributed by atoms with E-state index in [1.165, 1.54) is 6.07 Å². The molecule has 1 heterocycles. The van der Waals surface area contributed by atoms with Crippen molar-refractivity contribution in [2.75, 3.05) is 15.8 Å². The largest absolute Gasteiger partial charge is 0.769 e. The number of benzene rings is 2. The first kappa shape index (κ1) is 13.5. The summed E-state index contributed by atoms with van der Waals surface area (Å²) in [6.07, 6.45) is 0. The number of hydrogen-bond donors (Lipinski definition) is 3. The summed E-state index contributed by atoms with van der Waals surface area (Å²) in [4.78, 5) is 0. The van der Waals surface area contributed by atoms with Crippen LogP contribution in [0.25, 0.3) is 0 Å². The fourth-order valence-corrected chi connectivity index (χ4v) is 2.16. The van der Waals surface area contributed by atoms with Gasteiger partial charge in [0.1, 0.15) is 17.1 Å². The van der Waals surface area contributed by atoms with Crippen LogP contribution in [0.5, 0.6) is 11.5 Å². The van der Waals surface area contributed by atoms with Crippen molar-refractivity contribution in [3.05, 3.63) is 52.4 Å². The van der Waals surface area contributed by atoms with Crippen LogP contribution in [0.1, 0.15) is 5.56 Å². The molecule has 21 heavy (non-hydrogen) atoms. The quantitative estimate of drug-likeness (QED) is 0.723. The van der Waals surface area contributed by atoms with Crippen LogP contribution in [0, 0.1) is 10.4 Å². The lowest BCUT2D eigenvalue weighted by Crippen LogP contribution is -2.15. The molecule has 0 aliphatic carbocycles. The van der Waals surface area contributed by atoms with Gasteiger partial charge >= 0.3 is 0 Å². The third-order valence-electron chi connectivity index (χ3n) is 3.14. The maximum Gasteiger partial charge on any atom is 0.154 e. The van der Waals surface area contributed by atoms with Gasteiger partial charge in [0.05, 0.1) is 0 Å². The Morgan fingerprint density at radius 2 is 1.86 bits per heavy atom. The maximum atomic E-state index is 10.9. The van der Waals surface area contributed by atoms with Crippen LogP contribution in [0.15, 0.2) is 36.4 Å². The molecule has 2 aromatic carbocycles. The first-order valence-electron chi connectivity index (χ1n) is 6.06. The molecule has 0 spiro atoms. The summed E-state index contributed by atoms with van der Waals surface area (Å²) < 4.78 is 5.67. The van der Waals surface area contributed by atoms with Crippen molar-refractivity contribution in [1.82, 2.24) is 0 Å². The van der Waals surface area contributed by atoms with Crippen LogP contribution in [0.4, 0.5) is 17.1 Å². The van der Waals surface area contributed by atoms with Crippen molar-refractivity contribution in [3.8, 4) is 11.5 Å². The van der Waals surface area contributed by atoms with E-state index in [1.54, 1.807) is 12.1 Å². The second-order valence-corrected chi connectivity index (χ2v) is 4.45. The molecular formula is C13H11N3O5-2. The van der Waals surface area contributed by atoms with Gasteiger partial charge in [0.2, 0.25) is 0 Å². The Morgan fingerprint density at radius 3 is 2.57 bits per heavy atom. The van der Waals surface area contributed by atoms with Crippen LogP contribution in [-0.4, -0.2) is 10.4 Å². The molecule has 0 aromatic heterocycles. The lowest BCUT2D eigenvalue weighted by atomic mass is 10.2. The molecule has 0 bridgehead atoms. The van der Waals surface area contributed by atoms with E-state index in [0.29, 0.717) is 12.3 Å². The zero-order chi connectivity index (χ0) is 15.0. The number of anilines is 3. The summed E-state index contributed by atoms with van der Waals surface area (Å²) in [5.74, 6) is 0.704. The Hall–Kier alpha value is -2.52. The lowest BCUT2D eigenvalue weighted by Gasteiger charge is -2.38. The van der Waals surface area contributed by atoms with Crippen molar-refractivity contribution < 1.29 is 15.2 Å². The topological polar surface area (TPSA) is 114 Å². The average molecular weight is 289 g/mol. The van der Waals surface area contributed by atoms with E-state index >= 15 is 0 Å². The summed E-state index contributed by atoms with van der Waals surface area (Å²) in [6, 6.07) is 9.49. The van der Waals surface area contributed by atoms with E-state index in [-0.39, 0.29) is 28.0 Å². The summed E-state index contributed by atoms with van der Waals surface area (Å²) in [7, 11) is 0. The van der Waals surface area contributed by atoms with Gasteiger partial charge in [0, 0.05) is 23.9 Å². The molecule has 110 valence electrons. The normalized spacial score (nSPS) is 12.4. The highest BCUT2D eigenvalue weighted by Crippen LogP contribution is 2.43. The molecule has 2 aromatic rings. The Labute approximate surface area is 119 Å². The second-order valence-electron chi connectivity index (χ2n) is 4.45. The second kappa shape index (κ2) is 5.11. The molecule has 8 heteroatoms. The van der Waals surface area contributed by atoms with Crippen molar-refractivity contribution in [2.45, 2.75) is 6.54 Å². The van der Waals surface area contributed by atoms with Gasteiger partial charge in [0.15, 0.2) is 5.75 Å². The smallest absolute Gasteiger partial charge is 0.154 e. The minimum absolute atomic E-state index is 0.150. The molecule has 0 amide bonds. The third kappa shape index (κ3) is 2.43. The molecule has 0 saturated carbocycles. The van der Waals surface area contributed by atoms with Crippen molar-refractivity contribution >= 4 is 17.1 Å². The molecule has 3 rings (SSSR count). The fourth-order valence-electron chi connectivity index (χ4n) is 2.16. The van der Waals surface area contributed by atoms with Gasteiger partial charge in [0.25, 0.3) is 0 Å². The molecule has 3 N–H and O–H groups in total. The summed E-state index contributed by atoms with van der Waals surface area (Å²) in [5, 5.41) is 42.6. The molecule has 0 radical (unpaired) electrons. The van der Waals surface area contributed by atoms with E-state index < -0.39 is 5.23 Å². The molecular weight excluding hydrogens is 278 g/mol. The van der Waals surface area contributed by atoms with Crippen LogP contribution in [-0.2, 0) is 6.54 Å². The van der Waals surface area contributed by atoms with E-state index in [1.807, 2.05) is 12.1 Å². The molecule has 8 nitrogen and oxygen atoms in total. The van der Waals surface area contributed by atoms with Gasteiger partial charge in [-0.3, -0.25) is 10.4 Å². The lowest BCUT2D eigenvalue weighted by molar-refractivity contribution is 0.0295. The molecule has 0 unspecified atom stereocenters. The fraction of sp³-hybridized carbons (Fsp3) is 0.0769. The van der Waals surface area contributed by atoms with Gasteiger partial charge in [-0.1, -0.05) is 18.2 Å². The summed E-state index contributed by atoms with van der Waals surface area (Å²) in [5.41, 5.74) is 0.650. The van der Waals surface area contributed by atoms with E-state index in [0.717, 1.165) is 11.6 Å². The standard InChI is InChI=1S/C13H11N3O5/c17-15(18)9-5-10(16(19)20)13-12(6-9)21-11-4-2-1-3-8(11)7-14-13/h1-6,14,19-20H,7H2/q-2. The van der Waals surface area contributed by atoms with Gasteiger partial charge in [-0.25, -0.2) is 0 Å². The zero-order valence-electron chi connectivity index (χ0n) is 10.7. The highest BCUT2D eigenvalue weighted by atomic mass is 16.8. The predicted molar refractivity (Wildman–Crippen MR) is 75.5 cm³/mol. The summed E-state index contributed by atoms with van der Waals surface area (Å²) >= 11 is 0. The minimum atomic E-state index is -0.632. The maximum absolute atomic E-state index is 10.9. The number of nitrogens with zero attached hydrogens (tertiary/aromatic N) is 2. The van der Waals surface area contributed by atoms with E-state index in [9.17, 15) is 20.8 Å². The summed E-state index contributed by atoms with van der Waals surface area (Å²) in [6.45, 7) is 0.391. The third-order valence-corrected chi connectivity index (χ3v) is 3.14. The monoisotopic (exact) mass is 289 g/mol. The van der Waals surface area contributed by atoms with Crippen LogP contribution < -0.4 is 20.5 Å². The van der Waals surface area contributed by atoms with Crippen LogP contribution >= 0.6 is 0 Å². The number of rotatable bonds is 2.